The molecule has 1 unspecified atom stereocenters. The van der Waals surface area contributed by atoms with Gasteiger partial charge in [0.15, 0.2) is 0 Å². The zero-order chi connectivity index (χ0) is 16.7. The standard InChI is InChI=1S/C17H19N3O3/c1-12(21)19-15(13-6-4-3-5-7-13)10-16(22)20-14-8-9-17(23-2)18-11-14/h3-9,11,15H,10H2,1-2H3,(H,19,21)(H,20,22). The molecule has 1 atom stereocenters. The van der Waals surface area contributed by atoms with Crippen molar-refractivity contribution in [3.8, 4) is 5.88 Å². The molecule has 0 bridgehead atoms. The smallest absolute Gasteiger partial charge is 0.226 e. The van der Waals surface area contributed by atoms with Crippen LogP contribution in [-0.4, -0.2) is 23.9 Å². The van der Waals surface area contributed by atoms with Gasteiger partial charge in [-0.25, -0.2) is 4.98 Å². The number of methoxy groups -OCH3 is 1. The van der Waals surface area contributed by atoms with Crippen molar-refractivity contribution in [2.75, 3.05) is 12.4 Å². The second-order valence-corrected chi connectivity index (χ2v) is 5.01. The van der Waals surface area contributed by atoms with Crippen molar-refractivity contribution in [2.24, 2.45) is 0 Å². The fourth-order valence-corrected chi connectivity index (χ4v) is 2.16. The van der Waals surface area contributed by atoms with Gasteiger partial charge in [0.1, 0.15) is 0 Å². The van der Waals surface area contributed by atoms with Crippen molar-refractivity contribution in [3.05, 3.63) is 54.2 Å². The number of ether oxygens (including phenoxy) is 1. The Kier molecular flexibility index (Phi) is 5.68. The van der Waals surface area contributed by atoms with E-state index in [0.29, 0.717) is 11.6 Å². The molecule has 0 saturated heterocycles. The molecular weight excluding hydrogens is 294 g/mol. The number of nitrogens with zero attached hydrogens (tertiary/aromatic N) is 1. The molecule has 1 aromatic carbocycles. The van der Waals surface area contributed by atoms with E-state index < -0.39 is 0 Å². The maximum absolute atomic E-state index is 12.2. The first-order chi connectivity index (χ1) is 11.1. The third kappa shape index (κ3) is 5.10. The minimum absolute atomic E-state index is 0.135. The van der Waals surface area contributed by atoms with Gasteiger partial charge in [-0.05, 0) is 11.6 Å². The van der Waals surface area contributed by atoms with Gasteiger partial charge in [0, 0.05) is 13.0 Å². The van der Waals surface area contributed by atoms with Crippen LogP contribution < -0.4 is 15.4 Å². The summed E-state index contributed by atoms with van der Waals surface area (Å²) in [6.45, 7) is 1.43. The molecule has 0 aliphatic rings. The molecule has 2 N–H and O–H groups in total. The SMILES string of the molecule is COc1ccc(NC(=O)CC(NC(C)=O)c2ccccc2)cn1. The molecule has 0 aliphatic heterocycles. The number of benzene rings is 1. The summed E-state index contributed by atoms with van der Waals surface area (Å²) in [5.41, 5.74) is 1.45. The Hall–Kier alpha value is -2.89. The molecule has 1 aromatic heterocycles. The molecule has 0 radical (unpaired) electrons. The predicted octanol–water partition coefficient (Wildman–Crippen LogP) is 2.30. The van der Waals surface area contributed by atoms with Gasteiger partial charge in [0.25, 0.3) is 0 Å². The molecule has 2 amide bonds. The van der Waals surface area contributed by atoms with Crippen molar-refractivity contribution in [3.63, 3.8) is 0 Å². The number of aromatic nitrogens is 1. The van der Waals surface area contributed by atoms with Gasteiger partial charge in [-0.2, -0.15) is 0 Å². The lowest BCUT2D eigenvalue weighted by molar-refractivity contribution is -0.120. The normalized spacial score (nSPS) is 11.4. The summed E-state index contributed by atoms with van der Waals surface area (Å²) in [5, 5.41) is 5.55. The first-order valence-electron chi connectivity index (χ1n) is 7.20. The number of rotatable bonds is 6. The van der Waals surface area contributed by atoms with Gasteiger partial charge in [0.05, 0.1) is 31.5 Å². The largest absolute Gasteiger partial charge is 0.481 e. The number of anilines is 1. The minimum Gasteiger partial charge on any atom is -0.481 e. The highest BCUT2D eigenvalue weighted by Crippen LogP contribution is 2.18. The van der Waals surface area contributed by atoms with E-state index in [2.05, 4.69) is 15.6 Å². The van der Waals surface area contributed by atoms with Gasteiger partial charge in [-0.3, -0.25) is 9.59 Å². The van der Waals surface area contributed by atoms with Crippen LogP contribution in [0.3, 0.4) is 0 Å². The first kappa shape index (κ1) is 16.5. The minimum atomic E-state index is -0.375. The van der Waals surface area contributed by atoms with Crippen molar-refractivity contribution in [1.29, 1.82) is 0 Å². The number of carbonyl (C=O) groups excluding carboxylic acids is 2. The summed E-state index contributed by atoms with van der Waals surface area (Å²) in [5.74, 6) is 0.0840. The summed E-state index contributed by atoms with van der Waals surface area (Å²) >= 11 is 0. The molecule has 0 saturated carbocycles. The summed E-state index contributed by atoms with van der Waals surface area (Å²) in [6, 6.07) is 12.4. The van der Waals surface area contributed by atoms with E-state index in [0.717, 1.165) is 5.56 Å². The highest BCUT2D eigenvalue weighted by molar-refractivity contribution is 5.91. The van der Waals surface area contributed by atoms with Crippen molar-refractivity contribution >= 4 is 17.5 Å². The van der Waals surface area contributed by atoms with Crippen LogP contribution in [0, 0.1) is 0 Å². The highest BCUT2D eigenvalue weighted by Gasteiger charge is 2.17. The second-order valence-electron chi connectivity index (χ2n) is 5.01. The average molecular weight is 313 g/mol. The molecule has 6 nitrogen and oxygen atoms in total. The molecule has 0 fully saturated rings. The van der Waals surface area contributed by atoms with Crippen LogP contribution >= 0.6 is 0 Å². The van der Waals surface area contributed by atoms with E-state index in [-0.39, 0.29) is 24.3 Å². The molecular formula is C17H19N3O3. The molecule has 0 aliphatic carbocycles. The fraction of sp³-hybridized carbons (Fsp3) is 0.235. The lowest BCUT2D eigenvalue weighted by Gasteiger charge is -2.18. The van der Waals surface area contributed by atoms with Crippen LogP contribution in [0.15, 0.2) is 48.7 Å². The molecule has 2 rings (SSSR count). The Morgan fingerprint density at radius 1 is 1.17 bits per heavy atom. The van der Waals surface area contributed by atoms with E-state index in [4.69, 9.17) is 4.74 Å². The van der Waals surface area contributed by atoms with Crippen LogP contribution in [0.5, 0.6) is 5.88 Å². The summed E-state index contributed by atoms with van der Waals surface area (Å²) in [6.07, 6.45) is 1.66. The first-order valence-corrected chi connectivity index (χ1v) is 7.20. The average Bonchev–Trinajstić information content (AvgIpc) is 2.55. The Morgan fingerprint density at radius 3 is 2.48 bits per heavy atom. The van der Waals surface area contributed by atoms with E-state index in [1.807, 2.05) is 30.3 Å². The number of nitrogens with one attached hydrogen (secondary N) is 2. The molecule has 2 aromatic rings. The van der Waals surface area contributed by atoms with E-state index in [1.54, 1.807) is 12.1 Å². The molecule has 23 heavy (non-hydrogen) atoms. The number of pyridine rings is 1. The van der Waals surface area contributed by atoms with Crippen LogP contribution in [0.25, 0.3) is 0 Å². The Morgan fingerprint density at radius 2 is 1.91 bits per heavy atom. The van der Waals surface area contributed by atoms with E-state index >= 15 is 0 Å². The number of hydrogen-bond acceptors (Lipinski definition) is 4. The van der Waals surface area contributed by atoms with Gasteiger partial charge < -0.3 is 15.4 Å². The van der Waals surface area contributed by atoms with Gasteiger partial charge >= 0.3 is 0 Å². The monoisotopic (exact) mass is 313 g/mol. The Labute approximate surface area is 134 Å². The predicted molar refractivity (Wildman–Crippen MR) is 87.0 cm³/mol. The van der Waals surface area contributed by atoms with Crippen molar-refractivity contribution in [1.82, 2.24) is 10.3 Å². The maximum Gasteiger partial charge on any atom is 0.226 e. The number of carbonyl (C=O) groups is 2. The van der Waals surface area contributed by atoms with Crippen molar-refractivity contribution in [2.45, 2.75) is 19.4 Å². The van der Waals surface area contributed by atoms with Crippen LogP contribution in [0.1, 0.15) is 24.9 Å². The third-order valence-electron chi connectivity index (χ3n) is 3.20. The summed E-state index contributed by atoms with van der Waals surface area (Å²) in [4.78, 5) is 27.6. The summed E-state index contributed by atoms with van der Waals surface area (Å²) in [7, 11) is 1.53. The Bertz CT molecular complexity index is 657. The topological polar surface area (TPSA) is 80.3 Å². The molecule has 0 spiro atoms. The molecule has 1 heterocycles. The second kappa shape index (κ2) is 7.93. The quantitative estimate of drug-likeness (QED) is 0.857. The van der Waals surface area contributed by atoms with Crippen LogP contribution in [0.4, 0.5) is 5.69 Å². The zero-order valence-electron chi connectivity index (χ0n) is 13.1. The maximum atomic E-state index is 12.2. The fourth-order valence-electron chi connectivity index (χ4n) is 2.16. The zero-order valence-corrected chi connectivity index (χ0v) is 13.1. The van der Waals surface area contributed by atoms with Crippen LogP contribution in [-0.2, 0) is 9.59 Å². The van der Waals surface area contributed by atoms with E-state index in [1.165, 1.54) is 20.2 Å². The van der Waals surface area contributed by atoms with E-state index in [9.17, 15) is 9.59 Å². The third-order valence-corrected chi connectivity index (χ3v) is 3.20. The van der Waals surface area contributed by atoms with Gasteiger partial charge in [0.2, 0.25) is 17.7 Å². The number of hydrogen-bond donors (Lipinski definition) is 2. The lowest BCUT2D eigenvalue weighted by atomic mass is 10.0. The highest BCUT2D eigenvalue weighted by atomic mass is 16.5. The van der Waals surface area contributed by atoms with Gasteiger partial charge in [-0.15, -0.1) is 0 Å². The summed E-state index contributed by atoms with van der Waals surface area (Å²) < 4.78 is 4.97. The van der Waals surface area contributed by atoms with Crippen molar-refractivity contribution < 1.29 is 14.3 Å². The lowest BCUT2D eigenvalue weighted by Crippen LogP contribution is -2.29. The number of amides is 2. The van der Waals surface area contributed by atoms with Crippen LogP contribution in [0.2, 0.25) is 0 Å². The molecule has 120 valence electrons. The molecule has 6 heteroatoms. The van der Waals surface area contributed by atoms with Gasteiger partial charge in [-0.1, -0.05) is 30.3 Å². The Balaban J connectivity index is 2.03.